The highest BCUT2D eigenvalue weighted by Crippen LogP contribution is 2.18. The van der Waals surface area contributed by atoms with Gasteiger partial charge in [0.2, 0.25) is 0 Å². The largest absolute Gasteiger partial charge is 0.334 e. The SMILES string of the molecule is N#CCSc1nc2ccc(Br)cc2c(=O)n1N. The molecule has 2 N–H and O–H groups in total. The van der Waals surface area contributed by atoms with Gasteiger partial charge < -0.3 is 5.84 Å². The Morgan fingerprint density at radius 3 is 3.06 bits per heavy atom. The van der Waals surface area contributed by atoms with Crippen LogP contribution in [0.1, 0.15) is 0 Å². The predicted molar refractivity (Wildman–Crippen MR) is 70.2 cm³/mol. The van der Waals surface area contributed by atoms with E-state index < -0.39 is 0 Å². The van der Waals surface area contributed by atoms with Crippen molar-refractivity contribution in [3.8, 4) is 6.07 Å². The lowest BCUT2D eigenvalue weighted by Gasteiger charge is -2.06. The Balaban J connectivity index is 2.67. The second kappa shape index (κ2) is 4.77. The van der Waals surface area contributed by atoms with E-state index in [4.69, 9.17) is 11.1 Å². The Morgan fingerprint density at radius 1 is 1.59 bits per heavy atom. The highest BCUT2D eigenvalue weighted by Gasteiger charge is 2.09. The van der Waals surface area contributed by atoms with Crippen molar-refractivity contribution in [3.63, 3.8) is 0 Å². The van der Waals surface area contributed by atoms with Gasteiger partial charge in [0.25, 0.3) is 5.56 Å². The molecule has 0 spiro atoms. The third-order valence-electron chi connectivity index (χ3n) is 2.10. The number of nitrogen functional groups attached to an aromatic ring is 1. The Bertz CT molecular complexity index is 676. The molecule has 0 fully saturated rings. The first-order chi connectivity index (χ1) is 8.13. The summed E-state index contributed by atoms with van der Waals surface area (Å²) in [5, 5.41) is 9.29. The zero-order valence-corrected chi connectivity index (χ0v) is 11.0. The van der Waals surface area contributed by atoms with Crippen LogP contribution in [-0.2, 0) is 0 Å². The zero-order valence-electron chi connectivity index (χ0n) is 8.55. The van der Waals surface area contributed by atoms with E-state index in [1.807, 2.05) is 6.07 Å². The summed E-state index contributed by atoms with van der Waals surface area (Å²) in [5.41, 5.74) is 0.247. The fourth-order valence-corrected chi connectivity index (χ4v) is 2.29. The van der Waals surface area contributed by atoms with Crippen molar-refractivity contribution in [1.29, 1.82) is 5.26 Å². The maximum Gasteiger partial charge on any atom is 0.280 e. The molecule has 0 radical (unpaired) electrons. The van der Waals surface area contributed by atoms with Gasteiger partial charge in [-0.2, -0.15) is 5.26 Å². The molecule has 0 aliphatic rings. The third-order valence-corrected chi connectivity index (χ3v) is 3.41. The number of rotatable bonds is 2. The van der Waals surface area contributed by atoms with Crippen LogP contribution in [0.15, 0.2) is 32.6 Å². The summed E-state index contributed by atoms with van der Waals surface area (Å²) in [5.74, 6) is 5.84. The summed E-state index contributed by atoms with van der Waals surface area (Å²) in [4.78, 5) is 16.2. The van der Waals surface area contributed by atoms with Crippen molar-refractivity contribution in [2.75, 3.05) is 11.6 Å². The smallest absolute Gasteiger partial charge is 0.280 e. The van der Waals surface area contributed by atoms with Crippen molar-refractivity contribution < 1.29 is 0 Å². The number of hydrogen-bond acceptors (Lipinski definition) is 5. The average molecular weight is 311 g/mol. The quantitative estimate of drug-likeness (QED) is 0.516. The zero-order chi connectivity index (χ0) is 12.4. The fraction of sp³-hybridized carbons (Fsp3) is 0.100. The van der Waals surface area contributed by atoms with Crippen molar-refractivity contribution in [3.05, 3.63) is 33.0 Å². The van der Waals surface area contributed by atoms with E-state index in [1.54, 1.807) is 18.2 Å². The lowest BCUT2D eigenvalue weighted by atomic mass is 10.2. The molecule has 0 atom stereocenters. The van der Waals surface area contributed by atoms with E-state index >= 15 is 0 Å². The molecule has 0 amide bonds. The van der Waals surface area contributed by atoms with E-state index in [2.05, 4.69) is 20.9 Å². The molecule has 7 heteroatoms. The second-order valence-corrected chi connectivity index (χ2v) is 5.04. The first-order valence-corrected chi connectivity index (χ1v) is 6.38. The number of benzene rings is 1. The second-order valence-electron chi connectivity index (χ2n) is 3.18. The van der Waals surface area contributed by atoms with E-state index in [-0.39, 0.29) is 11.3 Å². The van der Waals surface area contributed by atoms with Gasteiger partial charge in [-0.3, -0.25) is 4.79 Å². The number of nitriles is 1. The molecule has 2 aromatic rings. The summed E-state index contributed by atoms with van der Waals surface area (Å²) in [6, 6.07) is 7.17. The maximum absolute atomic E-state index is 11.9. The lowest BCUT2D eigenvalue weighted by Crippen LogP contribution is -2.29. The molecule has 1 aromatic carbocycles. The van der Waals surface area contributed by atoms with Crippen LogP contribution in [0.5, 0.6) is 0 Å². The van der Waals surface area contributed by atoms with Crippen LogP contribution in [0.3, 0.4) is 0 Å². The van der Waals surface area contributed by atoms with E-state index in [0.29, 0.717) is 16.1 Å². The van der Waals surface area contributed by atoms with Gasteiger partial charge in [-0.25, -0.2) is 9.66 Å². The van der Waals surface area contributed by atoms with Crippen molar-refractivity contribution >= 4 is 38.6 Å². The number of nitrogens with zero attached hydrogens (tertiary/aromatic N) is 3. The summed E-state index contributed by atoms with van der Waals surface area (Å²) < 4.78 is 1.76. The minimum absolute atomic E-state index is 0.200. The van der Waals surface area contributed by atoms with E-state index in [0.717, 1.165) is 20.9 Å². The summed E-state index contributed by atoms with van der Waals surface area (Å²) in [6.45, 7) is 0. The number of fused-ring (bicyclic) bond motifs is 1. The topological polar surface area (TPSA) is 84.7 Å². The van der Waals surface area contributed by atoms with Gasteiger partial charge in [-0.15, -0.1) is 0 Å². The van der Waals surface area contributed by atoms with Gasteiger partial charge in [-0.05, 0) is 18.2 Å². The highest BCUT2D eigenvalue weighted by atomic mass is 79.9. The number of aromatic nitrogens is 2. The van der Waals surface area contributed by atoms with Gasteiger partial charge in [0.05, 0.1) is 22.7 Å². The molecule has 0 bridgehead atoms. The molecule has 0 aliphatic carbocycles. The molecule has 0 saturated heterocycles. The van der Waals surface area contributed by atoms with Crippen molar-refractivity contribution in [2.45, 2.75) is 5.16 Å². The van der Waals surface area contributed by atoms with Crippen LogP contribution >= 0.6 is 27.7 Å². The minimum Gasteiger partial charge on any atom is -0.334 e. The monoisotopic (exact) mass is 310 g/mol. The maximum atomic E-state index is 11.9. The molecule has 0 aliphatic heterocycles. The van der Waals surface area contributed by atoms with Gasteiger partial charge >= 0.3 is 0 Å². The predicted octanol–water partition coefficient (Wildman–Crippen LogP) is 1.49. The Labute approximate surface area is 109 Å². The average Bonchev–Trinajstić information content (AvgIpc) is 2.33. The molecule has 17 heavy (non-hydrogen) atoms. The van der Waals surface area contributed by atoms with Crippen LogP contribution in [0.2, 0.25) is 0 Å². The summed E-state index contributed by atoms with van der Waals surface area (Å²) in [6.07, 6.45) is 0. The highest BCUT2D eigenvalue weighted by molar-refractivity contribution is 9.10. The van der Waals surface area contributed by atoms with Crippen LogP contribution in [0.25, 0.3) is 10.9 Å². The standard InChI is InChI=1S/C10H7BrN4OS/c11-6-1-2-8-7(5-6)9(16)15(13)10(14-8)17-4-3-12/h1-2,5H,4,13H2. The first kappa shape index (κ1) is 12.0. The molecule has 1 heterocycles. The van der Waals surface area contributed by atoms with Gasteiger partial charge in [0.1, 0.15) is 0 Å². The minimum atomic E-state index is -0.322. The third kappa shape index (κ3) is 2.28. The van der Waals surface area contributed by atoms with Crippen molar-refractivity contribution in [1.82, 2.24) is 9.66 Å². The Kier molecular flexibility index (Phi) is 3.36. The molecule has 5 nitrogen and oxygen atoms in total. The van der Waals surface area contributed by atoms with Crippen LogP contribution < -0.4 is 11.4 Å². The normalized spacial score (nSPS) is 10.4. The van der Waals surface area contributed by atoms with Gasteiger partial charge in [0.15, 0.2) is 5.16 Å². The molecule has 2 rings (SSSR count). The van der Waals surface area contributed by atoms with Crippen LogP contribution in [0, 0.1) is 11.3 Å². The number of nitrogens with two attached hydrogens (primary N) is 1. The van der Waals surface area contributed by atoms with Gasteiger partial charge in [-0.1, -0.05) is 27.7 Å². The Hall–Kier alpha value is -1.52. The van der Waals surface area contributed by atoms with Crippen LogP contribution in [-0.4, -0.2) is 15.4 Å². The number of thioether (sulfide) groups is 1. The molecular formula is C10H7BrN4OS. The molecular weight excluding hydrogens is 304 g/mol. The number of halogens is 1. The summed E-state index contributed by atoms with van der Waals surface area (Å²) >= 11 is 4.42. The van der Waals surface area contributed by atoms with E-state index in [1.165, 1.54) is 0 Å². The van der Waals surface area contributed by atoms with Gasteiger partial charge in [0, 0.05) is 4.47 Å². The summed E-state index contributed by atoms with van der Waals surface area (Å²) in [7, 11) is 0. The molecule has 86 valence electrons. The van der Waals surface area contributed by atoms with Crippen molar-refractivity contribution in [2.24, 2.45) is 0 Å². The first-order valence-electron chi connectivity index (χ1n) is 4.60. The van der Waals surface area contributed by atoms with Crippen LogP contribution in [0.4, 0.5) is 0 Å². The molecule has 0 unspecified atom stereocenters. The Morgan fingerprint density at radius 2 is 2.35 bits per heavy atom. The van der Waals surface area contributed by atoms with E-state index in [9.17, 15) is 4.79 Å². The lowest BCUT2D eigenvalue weighted by molar-refractivity contribution is 0.780. The number of hydrogen-bond donors (Lipinski definition) is 1. The molecule has 1 aromatic heterocycles. The molecule has 0 saturated carbocycles. The fourth-order valence-electron chi connectivity index (χ4n) is 1.35.